The van der Waals surface area contributed by atoms with E-state index in [0.29, 0.717) is 47.7 Å². The van der Waals surface area contributed by atoms with Gasteiger partial charge in [0.05, 0.1) is 34.7 Å². The Morgan fingerprint density at radius 3 is 2.84 bits per heavy atom. The van der Waals surface area contributed by atoms with Crippen molar-refractivity contribution in [3.05, 3.63) is 87.0 Å². The number of nitrogens with two attached hydrogens (primary N) is 1. The highest BCUT2D eigenvalue weighted by Gasteiger charge is 2.45. The quantitative estimate of drug-likeness (QED) is 0.250. The van der Waals surface area contributed by atoms with E-state index in [9.17, 15) is 19.1 Å². The van der Waals surface area contributed by atoms with Gasteiger partial charge in [-0.3, -0.25) is 4.79 Å². The van der Waals surface area contributed by atoms with Crippen LogP contribution in [0, 0.1) is 5.82 Å². The molecule has 2 aromatic carbocycles. The highest BCUT2D eigenvalue weighted by atomic mass is 19.1. The molecule has 4 N–H and O–H groups in total. The molecule has 2 aliphatic rings. The van der Waals surface area contributed by atoms with E-state index in [4.69, 9.17) is 15.5 Å². The molecule has 4 aromatic rings. The fourth-order valence-corrected chi connectivity index (χ4v) is 5.28. The maximum atomic E-state index is 13.4. The number of carbonyl (C=O) groups excluding carboxylic acids is 1. The van der Waals surface area contributed by atoms with Gasteiger partial charge in [0.2, 0.25) is 0 Å². The summed E-state index contributed by atoms with van der Waals surface area (Å²) in [6, 6.07) is 13.9. The Kier molecular flexibility index (Phi) is 5.27. The van der Waals surface area contributed by atoms with Gasteiger partial charge in [0.15, 0.2) is 5.60 Å². The van der Waals surface area contributed by atoms with Crippen LogP contribution in [0.3, 0.4) is 0 Å². The fourth-order valence-electron chi connectivity index (χ4n) is 5.28. The second-order valence-electron chi connectivity index (χ2n) is 9.50. The summed E-state index contributed by atoms with van der Waals surface area (Å²) in [4.78, 5) is 30.7. The molecule has 2 aliphatic heterocycles. The van der Waals surface area contributed by atoms with Crippen LogP contribution >= 0.6 is 0 Å². The number of hydrogen-bond donors (Lipinski definition) is 3. The van der Waals surface area contributed by atoms with Gasteiger partial charge in [0.25, 0.3) is 5.56 Å². The number of nitrogens with one attached hydrogen (secondary N) is 1. The molecule has 0 bridgehead atoms. The van der Waals surface area contributed by atoms with Gasteiger partial charge in [-0.05, 0) is 48.7 Å². The summed E-state index contributed by atoms with van der Waals surface area (Å²) in [5.74, 6) is -1.11. The molecule has 0 unspecified atom stereocenters. The minimum atomic E-state index is -1.86. The predicted octanol–water partition coefficient (Wildman–Crippen LogP) is 3.46. The molecular formula is C28H25FN4O4. The maximum Gasteiger partial charge on any atom is 0.343 e. The molecule has 4 heterocycles. The summed E-state index contributed by atoms with van der Waals surface area (Å²) in [6.45, 7) is 2.43. The van der Waals surface area contributed by atoms with Gasteiger partial charge in [-0.1, -0.05) is 25.1 Å². The monoisotopic (exact) mass is 500 g/mol. The Morgan fingerprint density at radius 2 is 2.05 bits per heavy atom. The first-order valence-corrected chi connectivity index (χ1v) is 12.2. The molecule has 0 aliphatic carbocycles. The Balaban J connectivity index is 1.39. The van der Waals surface area contributed by atoms with Crippen molar-refractivity contribution in [3.63, 3.8) is 0 Å². The third-order valence-corrected chi connectivity index (χ3v) is 7.36. The van der Waals surface area contributed by atoms with Gasteiger partial charge in [0.1, 0.15) is 12.4 Å². The number of para-hydroxylation sites is 1. The summed E-state index contributed by atoms with van der Waals surface area (Å²) < 4.78 is 20.1. The van der Waals surface area contributed by atoms with Gasteiger partial charge in [0, 0.05) is 28.7 Å². The van der Waals surface area contributed by atoms with Gasteiger partial charge in [-0.2, -0.15) is 0 Å². The molecule has 0 spiro atoms. The van der Waals surface area contributed by atoms with Crippen LogP contribution in [-0.2, 0) is 34.7 Å². The van der Waals surface area contributed by atoms with Gasteiger partial charge < -0.3 is 25.5 Å². The molecule has 37 heavy (non-hydrogen) atoms. The number of aliphatic hydroxyl groups is 1. The number of benzene rings is 2. The number of fused-ring (bicyclic) bond motifs is 5. The summed E-state index contributed by atoms with van der Waals surface area (Å²) >= 11 is 0. The Morgan fingerprint density at radius 1 is 1.22 bits per heavy atom. The lowest BCUT2D eigenvalue weighted by atomic mass is 9.86. The minimum absolute atomic E-state index is 0.0897. The van der Waals surface area contributed by atoms with E-state index in [1.165, 1.54) is 12.1 Å². The number of halogens is 1. The van der Waals surface area contributed by atoms with Crippen molar-refractivity contribution in [1.82, 2.24) is 9.55 Å². The van der Waals surface area contributed by atoms with Crippen LogP contribution in [-0.4, -0.2) is 27.2 Å². The zero-order valence-electron chi connectivity index (χ0n) is 20.2. The molecule has 188 valence electrons. The van der Waals surface area contributed by atoms with Crippen LogP contribution in [0.15, 0.2) is 53.3 Å². The second-order valence-corrected chi connectivity index (χ2v) is 9.50. The minimum Gasteiger partial charge on any atom is -0.458 e. The number of hydrogen-bond acceptors (Lipinski definition) is 7. The van der Waals surface area contributed by atoms with Crippen molar-refractivity contribution in [3.8, 4) is 11.4 Å². The first-order chi connectivity index (χ1) is 17.8. The number of nitrogen functional groups attached to an aromatic ring is 1. The van der Waals surface area contributed by atoms with Gasteiger partial charge >= 0.3 is 5.97 Å². The summed E-state index contributed by atoms with van der Waals surface area (Å²) in [7, 11) is 0. The van der Waals surface area contributed by atoms with Crippen molar-refractivity contribution in [2.45, 2.75) is 38.5 Å². The van der Waals surface area contributed by atoms with E-state index < -0.39 is 11.6 Å². The van der Waals surface area contributed by atoms with Crippen molar-refractivity contribution in [2.24, 2.45) is 0 Å². The third-order valence-electron chi connectivity index (χ3n) is 7.36. The van der Waals surface area contributed by atoms with Crippen LogP contribution in [0.1, 0.15) is 35.6 Å². The number of aromatic nitrogens is 2. The smallest absolute Gasteiger partial charge is 0.343 e. The Labute approximate surface area is 211 Å². The van der Waals surface area contributed by atoms with E-state index in [0.717, 1.165) is 27.7 Å². The molecule has 0 radical (unpaired) electrons. The molecule has 0 amide bonds. The largest absolute Gasteiger partial charge is 0.458 e. The summed E-state index contributed by atoms with van der Waals surface area (Å²) in [5, 5.41) is 15.4. The molecular weight excluding hydrogens is 475 g/mol. The molecule has 6 rings (SSSR count). The van der Waals surface area contributed by atoms with E-state index in [1.54, 1.807) is 23.6 Å². The third kappa shape index (κ3) is 3.57. The van der Waals surface area contributed by atoms with E-state index in [-0.39, 0.29) is 24.4 Å². The summed E-state index contributed by atoms with van der Waals surface area (Å²) in [6.07, 6.45) is 0.690. The number of anilines is 2. The molecule has 2 aromatic heterocycles. The molecule has 8 nitrogen and oxygen atoms in total. The van der Waals surface area contributed by atoms with Crippen molar-refractivity contribution in [2.75, 3.05) is 17.6 Å². The average molecular weight is 501 g/mol. The number of nitrogens with zero attached hydrogens (tertiary/aromatic N) is 2. The average Bonchev–Trinajstić information content (AvgIpc) is 3.24. The van der Waals surface area contributed by atoms with Crippen molar-refractivity contribution in [1.29, 1.82) is 0 Å². The lowest BCUT2D eigenvalue weighted by molar-refractivity contribution is -0.172. The van der Waals surface area contributed by atoms with Crippen LogP contribution in [0.2, 0.25) is 0 Å². The molecule has 1 atom stereocenters. The zero-order valence-corrected chi connectivity index (χ0v) is 20.2. The van der Waals surface area contributed by atoms with Crippen LogP contribution in [0.5, 0.6) is 0 Å². The van der Waals surface area contributed by atoms with Crippen LogP contribution in [0.4, 0.5) is 15.8 Å². The Hall–Kier alpha value is -4.24. The normalized spacial score (nSPS) is 17.8. The standard InChI is InChI=1S/C28H25FN4O4/c1-2-28(36)20-12-23-25-17(13-33(23)26(34)19(20)14-37-27(28)35)10-16-4-3-5-22(24(16)32-25)31-9-8-15-6-7-18(29)11-21(15)30/h3-7,10-12,31,36H,2,8-9,13-14,30H2,1H3/t28-/m0/s1. The zero-order chi connectivity index (χ0) is 25.9. The van der Waals surface area contributed by atoms with E-state index in [1.807, 2.05) is 24.3 Å². The lowest BCUT2D eigenvalue weighted by Crippen LogP contribution is -2.44. The maximum absolute atomic E-state index is 13.4. The van der Waals surface area contributed by atoms with E-state index >= 15 is 0 Å². The number of pyridine rings is 2. The fraction of sp³-hybridized carbons (Fsp3) is 0.250. The Bertz CT molecular complexity index is 1660. The molecule has 0 saturated carbocycles. The predicted molar refractivity (Wildman–Crippen MR) is 138 cm³/mol. The molecule has 9 heteroatoms. The number of carbonyl (C=O) groups is 1. The highest BCUT2D eigenvalue weighted by molar-refractivity contribution is 5.93. The highest BCUT2D eigenvalue weighted by Crippen LogP contribution is 2.39. The first kappa shape index (κ1) is 23.2. The topological polar surface area (TPSA) is 119 Å². The van der Waals surface area contributed by atoms with Crippen molar-refractivity contribution >= 4 is 28.2 Å². The number of ether oxygens (including phenoxy) is 1. The SMILES string of the molecule is CC[C@@]1(O)C(=O)OCc2c1cc1n(c2=O)Cc2cc3cccc(NCCc4ccc(F)cc4N)c3nc2-1. The number of esters is 1. The van der Waals surface area contributed by atoms with E-state index in [2.05, 4.69) is 5.32 Å². The van der Waals surface area contributed by atoms with Gasteiger partial charge in [-0.15, -0.1) is 0 Å². The van der Waals surface area contributed by atoms with Crippen LogP contribution < -0.4 is 16.6 Å². The lowest BCUT2D eigenvalue weighted by Gasteiger charge is -2.31. The second kappa shape index (κ2) is 8.41. The molecule has 0 fully saturated rings. The number of rotatable bonds is 5. The summed E-state index contributed by atoms with van der Waals surface area (Å²) in [5.41, 5.74) is 9.28. The first-order valence-electron chi connectivity index (χ1n) is 12.2. The van der Waals surface area contributed by atoms with Crippen molar-refractivity contribution < 1.29 is 19.0 Å². The van der Waals surface area contributed by atoms with Crippen LogP contribution in [0.25, 0.3) is 22.3 Å². The number of cyclic esters (lactones) is 1. The van der Waals surface area contributed by atoms with Gasteiger partial charge in [-0.25, -0.2) is 14.2 Å². The molecule has 0 saturated heterocycles.